The largest absolute Gasteiger partial charge is 0.256 e. The fourth-order valence-electron chi connectivity index (χ4n) is 5.73. The molecule has 0 unspecified atom stereocenters. The number of benzene rings is 1. The minimum absolute atomic E-state index is 0.936. The minimum atomic E-state index is 0.936. The molecule has 1 saturated carbocycles. The van der Waals surface area contributed by atoms with E-state index in [4.69, 9.17) is 4.98 Å². The number of hydrogen-bond acceptors (Lipinski definition) is 1. The van der Waals surface area contributed by atoms with Gasteiger partial charge in [-0.1, -0.05) is 134 Å². The molecule has 2 aromatic rings. The van der Waals surface area contributed by atoms with Crippen molar-refractivity contribution in [1.82, 2.24) is 4.98 Å². The highest BCUT2D eigenvalue weighted by Gasteiger charge is 2.20. The van der Waals surface area contributed by atoms with Crippen molar-refractivity contribution in [3.63, 3.8) is 0 Å². The lowest BCUT2D eigenvalue weighted by Crippen LogP contribution is -2.15. The quantitative estimate of drug-likeness (QED) is 0.226. The summed E-state index contributed by atoms with van der Waals surface area (Å²) in [4.78, 5) is 4.81. The molecule has 1 heterocycles. The smallest absolute Gasteiger partial charge is 0.0702 e. The molecule has 1 aliphatic rings. The standard InChI is InChI=1S/C33H51N/c1-3-5-7-9-10-12-14-29-21-24-32(25-22-29)33-26-23-31(27-34-33)20-19-30-17-15-28(16-18-30)13-11-8-6-4-2/h21-28,30H,3-20H2,1-2H3/t28-,30-. The van der Waals surface area contributed by atoms with Gasteiger partial charge in [0.25, 0.3) is 0 Å². The average molecular weight is 462 g/mol. The van der Waals surface area contributed by atoms with Crippen LogP contribution in [0.1, 0.15) is 128 Å². The number of aromatic nitrogens is 1. The maximum absolute atomic E-state index is 4.81. The zero-order valence-corrected chi connectivity index (χ0v) is 22.4. The molecule has 1 aromatic heterocycles. The Morgan fingerprint density at radius 1 is 0.588 bits per heavy atom. The molecule has 1 fully saturated rings. The number of pyridine rings is 1. The average Bonchev–Trinajstić information content (AvgIpc) is 2.89. The second-order valence-corrected chi connectivity index (χ2v) is 11.0. The van der Waals surface area contributed by atoms with E-state index in [1.165, 1.54) is 132 Å². The van der Waals surface area contributed by atoms with Crippen molar-refractivity contribution in [2.45, 2.75) is 129 Å². The Labute approximate surface area is 211 Å². The molecule has 188 valence electrons. The summed E-state index contributed by atoms with van der Waals surface area (Å²) in [6.45, 7) is 4.59. The van der Waals surface area contributed by atoms with E-state index in [2.05, 4.69) is 56.4 Å². The van der Waals surface area contributed by atoms with E-state index in [1.807, 2.05) is 0 Å². The van der Waals surface area contributed by atoms with Gasteiger partial charge in [-0.25, -0.2) is 0 Å². The maximum Gasteiger partial charge on any atom is 0.0702 e. The molecule has 0 atom stereocenters. The molecule has 34 heavy (non-hydrogen) atoms. The third-order valence-electron chi connectivity index (χ3n) is 8.17. The highest BCUT2D eigenvalue weighted by atomic mass is 14.7. The lowest BCUT2D eigenvalue weighted by Gasteiger charge is -2.28. The summed E-state index contributed by atoms with van der Waals surface area (Å²) in [6.07, 6.45) is 27.1. The molecular formula is C33H51N. The van der Waals surface area contributed by atoms with E-state index in [0.717, 1.165) is 17.5 Å². The number of unbranched alkanes of at least 4 members (excludes halogenated alkanes) is 8. The van der Waals surface area contributed by atoms with E-state index in [9.17, 15) is 0 Å². The van der Waals surface area contributed by atoms with Crippen LogP contribution in [0.25, 0.3) is 11.3 Å². The monoisotopic (exact) mass is 461 g/mol. The second kappa shape index (κ2) is 16.1. The Morgan fingerprint density at radius 2 is 1.18 bits per heavy atom. The topological polar surface area (TPSA) is 12.9 Å². The molecule has 1 nitrogen and oxygen atoms in total. The predicted octanol–water partition coefficient (Wildman–Crippen LogP) is 10.4. The number of rotatable bonds is 16. The van der Waals surface area contributed by atoms with Crippen molar-refractivity contribution < 1.29 is 0 Å². The van der Waals surface area contributed by atoms with E-state index in [1.54, 1.807) is 0 Å². The van der Waals surface area contributed by atoms with Crippen molar-refractivity contribution in [3.05, 3.63) is 53.7 Å². The Kier molecular flexibility index (Phi) is 12.8. The van der Waals surface area contributed by atoms with Gasteiger partial charge in [-0.2, -0.15) is 0 Å². The fourth-order valence-corrected chi connectivity index (χ4v) is 5.73. The van der Waals surface area contributed by atoms with Gasteiger partial charge in [0, 0.05) is 11.8 Å². The second-order valence-electron chi connectivity index (χ2n) is 11.0. The molecule has 1 aliphatic carbocycles. The van der Waals surface area contributed by atoms with Gasteiger partial charge in [0.15, 0.2) is 0 Å². The molecule has 3 rings (SSSR count). The zero-order valence-electron chi connectivity index (χ0n) is 22.4. The van der Waals surface area contributed by atoms with Crippen LogP contribution in [0.3, 0.4) is 0 Å². The van der Waals surface area contributed by atoms with Gasteiger partial charge in [0.05, 0.1) is 5.69 Å². The SMILES string of the molecule is CCCCCCCCc1ccc(-c2ccc(CC[C@H]3CC[C@H](CCCCCC)CC3)cn2)cc1. The fraction of sp³-hybridized carbons (Fsp3) is 0.667. The molecule has 0 aliphatic heterocycles. The van der Waals surface area contributed by atoms with E-state index in [-0.39, 0.29) is 0 Å². The molecule has 0 saturated heterocycles. The summed E-state index contributed by atoms with van der Waals surface area (Å²) in [5.74, 6) is 1.96. The van der Waals surface area contributed by atoms with Crippen LogP contribution in [0.15, 0.2) is 42.6 Å². The van der Waals surface area contributed by atoms with Crippen molar-refractivity contribution >= 4 is 0 Å². The van der Waals surface area contributed by atoms with Gasteiger partial charge < -0.3 is 0 Å². The van der Waals surface area contributed by atoms with Crippen molar-refractivity contribution in [2.24, 2.45) is 11.8 Å². The Balaban J connectivity index is 1.34. The van der Waals surface area contributed by atoms with Gasteiger partial charge in [0.2, 0.25) is 0 Å². The van der Waals surface area contributed by atoms with Crippen LogP contribution in [0.4, 0.5) is 0 Å². The molecule has 0 radical (unpaired) electrons. The highest BCUT2D eigenvalue weighted by molar-refractivity contribution is 5.59. The highest BCUT2D eigenvalue weighted by Crippen LogP contribution is 2.34. The van der Waals surface area contributed by atoms with Crippen LogP contribution in [-0.2, 0) is 12.8 Å². The molecule has 0 spiro atoms. The van der Waals surface area contributed by atoms with Gasteiger partial charge in [-0.3, -0.25) is 4.98 Å². The van der Waals surface area contributed by atoms with Crippen molar-refractivity contribution in [3.8, 4) is 11.3 Å². The van der Waals surface area contributed by atoms with Crippen LogP contribution < -0.4 is 0 Å². The molecule has 0 N–H and O–H groups in total. The molecule has 0 amide bonds. The molecule has 1 heteroatoms. The first-order chi connectivity index (χ1) is 16.8. The Bertz CT molecular complexity index is 752. The first kappa shape index (κ1) is 27.0. The number of aryl methyl sites for hydroxylation is 2. The molecular weight excluding hydrogens is 410 g/mol. The minimum Gasteiger partial charge on any atom is -0.256 e. The van der Waals surface area contributed by atoms with Crippen molar-refractivity contribution in [1.29, 1.82) is 0 Å². The third-order valence-corrected chi connectivity index (χ3v) is 8.17. The number of nitrogens with zero attached hydrogens (tertiary/aromatic N) is 1. The third kappa shape index (κ3) is 9.93. The summed E-state index contributed by atoms with van der Waals surface area (Å²) < 4.78 is 0. The van der Waals surface area contributed by atoms with Gasteiger partial charge >= 0.3 is 0 Å². The van der Waals surface area contributed by atoms with Crippen LogP contribution in [0, 0.1) is 11.8 Å². The predicted molar refractivity (Wildman–Crippen MR) is 149 cm³/mol. The summed E-state index contributed by atoms with van der Waals surface area (Å²) in [6, 6.07) is 13.7. The summed E-state index contributed by atoms with van der Waals surface area (Å²) in [7, 11) is 0. The summed E-state index contributed by atoms with van der Waals surface area (Å²) in [5.41, 5.74) is 5.23. The molecule has 0 bridgehead atoms. The lowest BCUT2D eigenvalue weighted by atomic mass is 9.78. The lowest BCUT2D eigenvalue weighted by molar-refractivity contribution is 0.249. The maximum atomic E-state index is 4.81. The Morgan fingerprint density at radius 3 is 1.82 bits per heavy atom. The van der Waals surface area contributed by atoms with Crippen LogP contribution in [0.2, 0.25) is 0 Å². The molecule has 1 aromatic carbocycles. The van der Waals surface area contributed by atoms with Crippen LogP contribution >= 0.6 is 0 Å². The van der Waals surface area contributed by atoms with Crippen molar-refractivity contribution in [2.75, 3.05) is 0 Å². The van der Waals surface area contributed by atoms with E-state index in [0.29, 0.717) is 0 Å². The van der Waals surface area contributed by atoms with Gasteiger partial charge in [-0.05, 0) is 54.7 Å². The zero-order chi connectivity index (χ0) is 23.8. The van der Waals surface area contributed by atoms with E-state index >= 15 is 0 Å². The summed E-state index contributed by atoms with van der Waals surface area (Å²) in [5, 5.41) is 0. The summed E-state index contributed by atoms with van der Waals surface area (Å²) >= 11 is 0. The Hall–Kier alpha value is -1.63. The first-order valence-electron chi connectivity index (χ1n) is 14.8. The van der Waals surface area contributed by atoms with Crippen LogP contribution in [0.5, 0.6) is 0 Å². The van der Waals surface area contributed by atoms with E-state index < -0.39 is 0 Å². The van der Waals surface area contributed by atoms with Crippen LogP contribution in [-0.4, -0.2) is 4.98 Å². The van der Waals surface area contributed by atoms with Gasteiger partial charge in [0.1, 0.15) is 0 Å². The van der Waals surface area contributed by atoms with Gasteiger partial charge in [-0.15, -0.1) is 0 Å². The normalized spacial score (nSPS) is 18.3. The number of hydrogen-bond donors (Lipinski definition) is 0. The first-order valence-corrected chi connectivity index (χ1v) is 14.8.